The molecule has 0 amide bonds. The Hall–Kier alpha value is -1.00. The van der Waals surface area contributed by atoms with Crippen LogP contribution in [0.3, 0.4) is 0 Å². The summed E-state index contributed by atoms with van der Waals surface area (Å²) in [6, 6.07) is 9.42. The first-order chi connectivity index (χ1) is 7.61. The van der Waals surface area contributed by atoms with Gasteiger partial charge in [0.2, 0.25) is 0 Å². The SMILES string of the molecule is CC(N)CSCC(C(=O)O)c1ccccc1. The van der Waals surface area contributed by atoms with Crippen molar-refractivity contribution in [3.05, 3.63) is 35.9 Å². The van der Waals surface area contributed by atoms with Gasteiger partial charge in [-0.3, -0.25) is 4.79 Å². The van der Waals surface area contributed by atoms with Gasteiger partial charge in [-0.05, 0) is 12.5 Å². The minimum absolute atomic E-state index is 0.107. The fourth-order valence-corrected chi connectivity index (χ4v) is 2.45. The molecular weight excluding hydrogens is 222 g/mol. The molecule has 1 rings (SSSR count). The molecule has 0 aromatic heterocycles. The van der Waals surface area contributed by atoms with Gasteiger partial charge in [-0.25, -0.2) is 0 Å². The van der Waals surface area contributed by atoms with Gasteiger partial charge in [0, 0.05) is 17.5 Å². The lowest BCUT2D eigenvalue weighted by molar-refractivity contribution is -0.138. The van der Waals surface area contributed by atoms with E-state index in [0.717, 1.165) is 11.3 Å². The van der Waals surface area contributed by atoms with Crippen LogP contribution in [-0.2, 0) is 4.79 Å². The second-order valence-corrected chi connectivity index (χ2v) is 4.89. The van der Waals surface area contributed by atoms with Crippen LogP contribution < -0.4 is 5.73 Å². The summed E-state index contributed by atoms with van der Waals surface area (Å²) < 4.78 is 0. The Morgan fingerprint density at radius 3 is 2.50 bits per heavy atom. The Bertz CT molecular complexity index is 327. The lowest BCUT2D eigenvalue weighted by Crippen LogP contribution is -2.20. The predicted octanol–water partition coefficient (Wildman–Crippen LogP) is 1.94. The van der Waals surface area contributed by atoms with E-state index in [1.54, 1.807) is 11.8 Å². The molecule has 2 atom stereocenters. The molecule has 0 heterocycles. The van der Waals surface area contributed by atoms with Gasteiger partial charge >= 0.3 is 5.97 Å². The first kappa shape index (κ1) is 13.1. The monoisotopic (exact) mass is 239 g/mol. The Morgan fingerprint density at radius 2 is 2.00 bits per heavy atom. The quantitative estimate of drug-likeness (QED) is 0.796. The lowest BCUT2D eigenvalue weighted by atomic mass is 10.0. The van der Waals surface area contributed by atoms with Gasteiger partial charge in [0.1, 0.15) is 0 Å². The van der Waals surface area contributed by atoms with Gasteiger partial charge in [-0.2, -0.15) is 11.8 Å². The van der Waals surface area contributed by atoms with Crippen LogP contribution in [0.15, 0.2) is 30.3 Å². The summed E-state index contributed by atoms with van der Waals surface area (Å²) in [6.07, 6.45) is 0. The van der Waals surface area contributed by atoms with E-state index in [4.69, 9.17) is 10.8 Å². The van der Waals surface area contributed by atoms with Crippen LogP contribution in [0.5, 0.6) is 0 Å². The third-order valence-electron chi connectivity index (χ3n) is 2.17. The van der Waals surface area contributed by atoms with E-state index in [2.05, 4.69) is 0 Å². The van der Waals surface area contributed by atoms with Crippen molar-refractivity contribution in [1.82, 2.24) is 0 Å². The maximum atomic E-state index is 11.1. The van der Waals surface area contributed by atoms with Gasteiger partial charge in [0.05, 0.1) is 5.92 Å². The Morgan fingerprint density at radius 1 is 1.38 bits per heavy atom. The highest BCUT2D eigenvalue weighted by atomic mass is 32.2. The maximum absolute atomic E-state index is 11.1. The van der Waals surface area contributed by atoms with Crippen molar-refractivity contribution >= 4 is 17.7 Å². The molecule has 0 saturated carbocycles. The van der Waals surface area contributed by atoms with Crippen molar-refractivity contribution in [3.8, 4) is 0 Å². The fourth-order valence-electron chi connectivity index (χ4n) is 1.37. The normalized spacial score (nSPS) is 14.4. The summed E-state index contributed by atoms with van der Waals surface area (Å²) in [5.74, 6) is 0.144. The van der Waals surface area contributed by atoms with Crippen LogP contribution in [0.1, 0.15) is 18.4 Å². The Kier molecular flexibility index (Phi) is 5.35. The molecule has 0 bridgehead atoms. The minimum atomic E-state index is -0.775. The highest BCUT2D eigenvalue weighted by Crippen LogP contribution is 2.21. The lowest BCUT2D eigenvalue weighted by Gasteiger charge is -2.13. The molecule has 1 aromatic carbocycles. The number of carbonyl (C=O) groups is 1. The summed E-state index contributed by atoms with van der Waals surface area (Å²) in [5.41, 5.74) is 6.48. The largest absolute Gasteiger partial charge is 0.481 e. The summed E-state index contributed by atoms with van der Waals surface area (Å²) >= 11 is 1.59. The number of benzene rings is 1. The molecule has 0 aliphatic carbocycles. The van der Waals surface area contributed by atoms with E-state index in [1.807, 2.05) is 37.3 Å². The molecule has 1 aromatic rings. The number of thioether (sulfide) groups is 1. The summed E-state index contributed by atoms with van der Waals surface area (Å²) in [4.78, 5) is 11.1. The zero-order valence-electron chi connectivity index (χ0n) is 9.30. The average molecular weight is 239 g/mol. The summed E-state index contributed by atoms with van der Waals surface area (Å²) in [5, 5.41) is 9.15. The molecule has 0 saturated heterocycles. The van der Waals surface area contributed by atoms with Gasteiger partial charge < -0.3 is 10.8 Å². The fraction of sp³-hybridized carbons (Fsp3) is 0.417. The number of hydrogen-bond acceptors (Lipinski definition) is 3. The van der Waals surface area contributed by atoms with E-state index < -0.39 is 11.9 Å². The summed E-state index contributed by atoms with van der Waals surface area (Å²) in [7, 11) is 0. The maximum Gasteiger partial charge on any atom is 0.311 e. The molecule has 0 fully saturated rings. The minimum Gasteiger partial charge on any atom is -0.481 e. The molecule has 16 heavy (non-hydrogen) atoms. The first-order valence-corrected chi connectivity index (χ1v) is 6.37. The van der Waals surface area contributed by atoms with Crippen molar-refractivity contribution < 1.29 is 9.90 Å². The highest BCUT2D eigenvalue weighted by molar-refractivity contribution is 7.99. The van der Waals surface area contributed by atoms with Crippen LogP contribution in [0, 0.1) is 0 Å². The van der Waals surface area contributed by atoms with E-state index in [0.29, 0.717) is 5.75 Å². The molecule has 3 nitrogen and oxygen atoms in total. The molecule has 0 aliphatic rings. The number of carboxylic acid groups (broad SMARTS) is 1. The van der Waals surface area contributed by atoms with Crippen LogP contribution in [0.25, 0.3) is 0 Å². The number of aliphatic carboxylic acids is 1. The van der Waals surface area contributed by atoms with Crippen LogP contribution in [0.4, 0.5) is 0 Å². The number of hydrogen-bond donors (Lipinski definition) is 2. The van der Waals surface area contributed by atoms with Crippen molar-refractivity contribution in [2.75, 3.05) is 11.5 Å². The van der Waals surface area contributed by atoms with Gasteiger partial charge in [-0.1, -0.05) is 30.3 Å². The smallest absolute Gasteiger partial charge is 0.311 e. The first-order valence-electron chi connectivity index (χ1n) is 5.22. The van der Waals surface area contributed by atoms with Crippen molar-refractivity contribution in [2.45, 2.75) is 18.9 Å². The van der Waals surface area contributed by atoms with Gasteiger partial charge in [0.25, 0.3) is 0 Å². The molecule has 0 aliphatic heterocycles. The molecule has 88 valence electrons. The van der Waals surface area contributed by atoms with Crippen LogP contribution in [-0.4, -0.2) is 28.6 Å². The molecule has 2 unspecified atom stereocenters. The zero-order valence-corrected chi connectivity index (χ0v) is 10.1. The number of nitrogens with two attached hydrogens (primary N) is 1. The second kappa shape index (κ2) is 6.55. The van der Waals surface area contributed by atoms with Gasteiger partial charge in [-0.15, -0.1) is 0 Å². The average Bonchev–Trinajstić information content (AvgIpc) is 2.25. The Balaban J connectivity index is 2.59. The standard InChI is InChI=1S/C12H17NO2S/c1-9(13)7-16-8-11(12(14)15)10-5-3-2-4-6-10/h2-6,9,11H,7-8,13H2,1H3,(H,14,15). The van der Waals surface area contributed by atoms with E-state index in [9.17, 15) is 4.79 Å². The molecule has 4 heteroatoms. The number of carboxylic acids is 1. The summed E-state index contributed by atoms with van der Waals surface area (Å²) in [6.45, 7) is 1.92. The predicted molar refractivity (Wildman–Crippen MR) is 67.8 cm³/mol. The zero-order chi connectivity index (χ0) is 12.0. The van der Waals surface area contributed by atoms with Crippen molar-refractivity contribution in [1.29, 1.82) is 0 Å². The second-order valence-electron chi connectivity index (χ2n) is 3.82. The Labute approximate surface area is 100 Å². The molecule has 0 radical (unpaired) electrons. The van der Waals surface area contributed by atoms with Crippen molar-refractivity contribution in [3.63, 3.8) is 0 Å². The number of rotatable bonds is 6. The van der Waals surface area contributed by atoms with Crippen LogP contribution >= 0.6 is 11.8 Å². The molecular formula is C12H17NO2S. The van der Waals surface area contributed by atoms with Crippen LogP contribution in [0.2, 0.25) is 0 Å². The van der Waals surface area contributed by atoms with E-state index in [1.165, 1.54) is 0 Å². The topological polar surface area (TPSA) is 63.3 Å². The van der Waals surface area contributed by atoms with Crippen molar-refractivity contribution in [2.24, 2.45) is 5.73 Å². The van der Waals surface area contributed by atoms with E-state index >= 15 is 0 Å². The third-order valence-corrected chi connectivity index (χ3v) is 3.50. The highest BCUT2D eigenvalue weighted by Gasteiger charge is 2.19. The van der Waals surface area contributed by atoms with Gasteiger partial charge in [0.15, 0.2) is 0 Å². The molecule has 3 N–H and O–H groups in total. The molecule has 0 spiro atoms. The van der Waals surface area contributed by atoms with E-state index in [-0.39, 0.29) is 6.04 Å². The third kappa shape index (κ3) is 4.24.